The molecule has 0 radical (unpaired) electrons. The average Bonchev–Trinajstić information content (AvgIpc) is 2.68. The van der Waals surface area contributed by atoms with Gasteiger partial charge in [-0.25, -0.2) is 0 Å². The van der Waals surface area contributed by atoms with E-state index in [1.807, 2.05) is 12.3 Å². The molecule has 1 saturated carbocycles. The lowest BCUT2D eigenvalue weighted by Crippen LogP contribution is -2.38. The molecule has 2 rings (SSSR count). The fraction of sp³-hybridized carbons (Fsp3) is 0.700. The van der Waals surface area contributed by atoms with E-state index in [2.05, 4.69) is 15.6 Å². The number of aryl methyl sites for hydroxylation is 1. The molecule has 0 bridgehead atoms. The molecule has 1 heterocycles. The summed E-state index contributed by atoms with van der Waals surface area (Å²) in [6, 6.07) is 5.27. The van der Waals surface area contributed by atoms with E-state index in [4.69, 9.17) is 4.74 Å². The van der Waals surface area contributed by atoms with Gasteiger partial charge in [0.05, 0.1) is 6.10 Å². The van der Waals surface area contributed by atoms with Gasteiger partial charge in [-0.3, -0.25) is 9.79 Å². The van der Waals surface area contributed by atoms with E-state index < -0.39 is 0 Å². The van der Waals surface area contributed by atoms with Gasteiger partial charge >= 0.3 is 0 Å². The van der Waals surface area contributed by atoms with Gasteiger partial charge in [-0.05, 0) is 38.2 Å². The van der Waals surface area contributed by atoms with Crippen molar-refractivity contribution in [3.63, 3.8) is 0 Å². The van der Waals surface area contributed by atoms with Crippen LogP contribution in [0.15, 0.2) is 34.2 Å². The third kappa shape index (κ3) is 8.04. The predicted molar refractivity (Wildman–Crippen MR) is 107 cm³/mol. The molecule has 0 amide bonds. The highest BCUT2D eigenvalue weighted by atomic mass is 16.5. The van der Waals surface area contributed by atoms with Crippen LogP contribution in [0.5, 0.6) is 0 Å². The Bertz CT molecular complexity index is 579. The number of ether oxygens (including phenoxy) is 1. The largest absolute Gasteiger partial charge is 0.378 e. The highest BCUT2D eigenvalue weighted by molar-refractivity contribution is 5.79. The summed E-state index contributed by atoms with van der Waals surface area (Å²) in [5.74, 6) is 0.833. The summed E-state index contributed by atoms with van der Waals surface area (Å²) >= 11 is 0. The second-order valence-electron chi connectivity index (χ2n) is 6.85. The maximum Gasteiger partial charge on any atom is 0.250 e. The van der Waals surface area contributed by atoms with Gasteiger partial charge in [-0.2, -0.15) is 0 Å². The van der Waals surface area contributed by atoms with Gasteiger partial charge in [0.1, 0.15) is 0 Å². The van der Waals surface area contributed by atoms with Crippen molar-refractivity contribution in [2.75, 3.05) is 26.7 Å². The van der Waals surface area contributed by atoms with E-state index in [0.29, 0.717) is 6.10 Å². The van der Waals surface area contributed by atoms with Crippen molar-refractivity contribution in [2.45, 2.75) is 64.0 Å². The van der Waals surface area contributed by atoms with E-state index in [1.165, 1.54) is 32.1 Å². The highest BCUT2D eigenvalue weighted by Crippen LogP contribution is 2.20. The monoisotopic (exact) mass is 362 g/mol. The lowest BCUT2D eigenvalue weighted by molar-refractivity contribution is 0.0277. The van der Waals surface area contributed by atoms with Crippen LogP contribution in [-0.4, -0.2) is 43.4 Å². The van der Waals surface area contributed by atoms with E-state index in [9.17, 15) is 4.79 Å². The zero-order valence-electron chi connectivity index (χ0n) is 16.1. The van der Waals surface area contributed by atoms with Gasteiger partial charge < -0.3 is 19.9 Å². The van der Waals surface area contributed by atoms with Crippen LogP contribution in [0.4, 0.5) is 0 Å². The van der Waals surface area contributed by atoms with Gasteiger partial charge in [0.2, 0.25) is 5.56 Å². The molecular formula is C20H34N4O2. The van der Waals surface area contributed by atoms with Crippen LogP contribution in [0.1, 0.15) is 51.4 Å². The summed E-state index contributed by atoms with van der Waals surface area (Å²) in [6.45, 7) is 3.29. The van der Waals surface area contributed by atoms with Gasteiger partial charge in [0.15, 0.2) is 5.96 Å². The zero-order chi connectivity index (χ0) is 18.5. The number of nitrogens with one attached hydrogen (secondary N) is 2. The van der Waals surface area contributed by atoms with Crippen LogP contribution in [0.25, 0.3) is 0 Å². The molecule has 0 saturated heterocycles. The molecule has 26 heavy (non-hydrogen) atoms. The molecule has 6 heteroatoms. The minimum atomic E-state index is 0.0633. The fourth-order valence-corrected chi connectivity index (χ4v) is 3.24. The molecule has 146 valence electrons. The van der Waals surface area contributed by atoms with E-state index in [-0.39, 0.29) is 5.56 Å². The second-order valence-corrected chi connectivity index (χ2v) is 6.85. The smallest absolute Gasteiger partial charge is 0.250 e. The molecule has 0 aliphatic heterocycles. The second kappa shape index (κ2) is 12.5. The van der Waals surface area contributed by atoms with Crippen LogP contribution in [0.2, 0.25) is 0 Å². The van der Waals surface area contributed by atoms with Crippen molar-refractivity contribution in [2.24, 2.45) is 4.99 Å². The number of aromatic nitrogens is 1. The molecule has 6 nitrogen and oxygen atoms in total. The summed E-state index contributed by atoms with van der Waals surface area (Å²) in [5, 5.41) is 6.65. The maximum atomic E-state index is 11.6. The van der Waals surface area contributed by atoms with Crippen LogP contribution >= 0.6 is 0 Å². The first kappa shape index (κ1) is 20.5. The van der Waals surface area contributed by atoms with Gasteiger partial charge in [-0.15, -0.1) is 0 Å². The highest BCUT2D eigenvalue weighted by Gasteiger charge is 2.12. The SMILES string of the molecule is CN=C(NCCCCn1ccccc1=O)NCCCOC1CCCCC1. The van der Waals surface area contributed by atoms with Crippen LogP contribution in [0.3, 0.4) is 0 Å². The molecule has 0 unspecified atom stereocenters. The number of rotatable bonds is 10. The molecule has 0 aromatic carbocycles. The van der Waals surface area contributed by atoms with Crippen LogP contribution in [-0.2, 0) is 11.3 Å². The summed E-state index contributed by atoms with van der Waals surface area (Å²) in [6.07, 6.45) is 11.7. The average molecular weight is 363 g/mol. The number of nitrogens with zero attached hydrogens (tertiary/aromatic N) is 2. The Hall–Kier alpha value is -1.82. The van der Waals surface area contributed by atoms with Crippen molar-refractivity contribution < 1.29 is 4.74 Å². The van der Waals surface area contributed by atoms with Crippen molar-refractivity contribution in [1.82, 2.24) is 15.2 Å². The van der Waals surface area contributed by atoms with Crippen molar-refractivity contribution in [3.8, 4) is 0 Å². The number of guanidine groups is 1. The molecule has 1 aliphatic carbocycles. The summed E-state index contributed by atoms with van der Waals surface area (Å²) in [5.41, 5.74) is 0.0633. The first-order valence-electron chi connectivity index (χ1n) is 10.0. The number of hydrogen-bond donors (Lipinski definition) is 2. The number of pyridine rings is 1. The Labute approximate surface area is 157 Å². The van der Waals surface area contributed by atoms with Gasteiger partial charge in [-0.1, -0.05) is 25.3 Å². The zero-order valence-corrected chi connectivity index (χ0v) is 16.1. The Kier molecular flexibility index (Phi) is 9.87. The molecule has 1 aromatic heterocycles. The van der Waals surface area contributed by atoms with Crippen molar-refractivity contribution >= 4 is 5.96 Å². The maximum absolute atomic E-state index is 11.6. The normalized spacial score (nSPS) is 15.8. The first-order valence-corrected chi connectivity index (χ1v) is 10.0. The third-order valence-corrected chi connectivity index (χ3v) is 4.76. The molecule has 2 N–H and O–H groups in total. The summed E-state index contributed by atoms with van der Waals surface area (Å²) < 4.78 is 7.68. The summed E-state index contributed by atoms with van der Waals surface area (Å²) in [4.78, 5) is 15.9. The quantitative estimate of drug-likeness (QED) is 0.381. The van der Waals surface area contributed by atoms with E-state index in [0.717, 1.165) is 51.5 Å². The van der Waals surface area contributed by atoms with Crippen LogP contribution in [0, 0.1) is 0 Å². The molecule has 1 aromatic rings. The van der Waals surface area contributed by atoms with Crippen molar-refractivity contribution in [1.29, 1.82) is 0 Å². The Morgan fingerprint density at radius 3 is 2.65 bits per heavy atom. The van der Waals surface area contributed by atoms with Crippen LogP contribution < -0.4 is 16.2 Å². The molecule has 0 atom stereocenters. The minimum absolute atomic E-state index is 0.0633. The van der Waals surface area contributed by atoms with Gasteiger partial charge in [0, 0.05) is 45.6 Å². The lowest BCUT2D eigenvalue weighted by Gasteiger charge is -2.22. The Balaban J connectivity index is 1.48. The molecule has 1 aliphatic rings. The Morgan fingerprint density at radius 2 is 1.92 bits per heavy atom. The Morgan fingerprint density at radius 1 is 1.15 bits per heavy atom. The first-order chi connectivity index (χ1) is 12.8. The molecule has 1 fully saturated rings. The number of unbranched alkanes of at least 4 members (excludes halogenated alkanes) is 1. The topological polar surface area (TPSA) is 67.7 Å². The number of aliphatic imine (C=N–C) groups is 1. The van der Waals surface area contributed by atoms with E-state index >= 15 is 0 Å². The van der Waals surface area contributed by atoms with Crippen molar-refractivity contribution in [3.05, 3.63) is 34.7 Å². The van der Waals surface area contributed by atoms with E-state index in [1.54, 1.807) is 23.7 Å². The lowest BCUT2D eigenvalue weighted by atomic mass is 9.98. The third-order valence-electron chi connectivity index (χ3n) is 4.76. The standard InChI is InChI=1S/C20H34N4O2/c1-21-20(23-14-9-17-26-18-10-3-2-4-11-18)22-13-6-8-16-24-15-7-5-12-19(24)25/h5,7,12,15,18H,2-4,6,8-11,13-14,16-17H2,1H3,(H2,21,22,23). The van der Waals surface area contributed by atoms with Gasteiger partial charge in [0.25, 0.3) is 0 Å². The molecule has 0 spiro atoms. The minimum Gasteiger partial charge on any atom is -0.378 e. The summed E-state index contributed by atoms with van der Waals surface area (Å²) in [7, 11) is 1.79. The number of hydrogen-bond acceptors (Lipinski definition) is 3. The predicted octanol–water partition coefficient (Wildman–Crippen LogP) is 2.53. The fourth-order valence-electron chi connectivity index (χ4n) is 3.24. The molecular weight excluding hydrogens is 328 g/mol.